The monoisotopic (exact) mass is 363 g/mol. The molecule has 2 aliphatic rings. The van der Waals surface area contributed by atoms with Crippen molar-refractivity contribution < 1.29 is 9.90 Å². The Kier molecular flexibility index (Phi) is 4.48. The number of hydrogen-bond donors (Lipinski definition) is 1. The normalized spacial score (nSPS) is 24.5. The second kappa shape index (κ2) is 6.95. The third-order valence-corrected chi connectivity index (χ3v) is 5.52. The van der Waals surface area contributed by atoms with E-state index in [1.54, 1.807) is 11.9 Å². The van der Waals surface area contributed by atoms with Crippen molar-refractivity contribution in [1.82, 2.24) is 0 Å². The maximum atomic E-state index is 13.0. The van der Waals surface area contributed by atoms with Crippen molar-refractivity contribution in [3.63, 3.8) is 0 Å². The summed E-state index contributed by atoms with van der Waals surface area (Å²) in [7, 11) is 1.77. The molecule has 0 spiro atoms. The molecule has 1 fully saturated rings. The number of fused-ring (bicyclic) bond motifs is 2. The number of carbonyl (C=O) groups excluding carboxylic acids is 1. The smallest absolute Gasteiger partial charge is 0.260 e. The van der Waals surface area contributed by atoms with Crippen LogP contribution in [-0.4, -0.2) is 36.2 Å². The molecule has 1 heterocycles. The molecule has 1 amide bonds. The lowest BCUT2D eigenvalue weighted by atomic mass is 9.86. The van der Waals surface area contributed by atoms with Gasteiger partial charge in [-0.15, -0.1) is 0 Å². The van der Waals surface area contributed by atoms with Crippen LogP contribution in [0.25, 0.3) is 10.4 Å². The Labute approximate surface area is 157 Å². The Morgan fingerprint density at radius 3 is 2.48 bits per heavy atom. The Balaban J connectivity index is 1.91. The van der Waals surface area contributed by atoms with Gasteiger partial charge in [0.05, 0.1) is 40.8 Å². The molecule has 7 heteroatoms. The molecule has 1 saturated carbocycles. The minimum atomic E-state index is -0.811. The molecule has 1 aliphatic carbocycles. The molecule has 1 N–H and O–H groups in total. The van der Waals surface area contributed by atoms with Gasteiger partial charge in [0.25, 0.3) is 5.91 Å². The molecule has 2 aromatic rings. The first-order chi connectivity index (χ1) is 13.1. The van der Waals surface area contributed by atoms with E-state index in [1.165, 1.54) is 0 Å². The zero-order valence-corrected chi connectivity index (χ0v) is 15.1. The Hall–Kier alpha value is -3.02. The van der Waals surface area contributed by atoms with Crippen LogP contribution >= 0.6 is 0 Å². The van der Waals surface area contributed by atoms with Gasteiger partial charge in [-0.1, -0.05) is 35.8 Å². The number of hydrogen-bond acceptors (Lipinski definition) is 4. The van der Waals surface area contributed by atoms with Crippen LogP contribution in [0.4, 0.5) is 17.1 Å². The number of rotatable bonds is 2. The summed E-state index contributed by atoms with van der Waals surface area (Å²) in [5.41, 5.74) is 11.9. The van der Waals surface area contributed by atoms with E-state index in [0.29, 0.717) is 12.0 Å². The maximum absolute atomic E-state index is 13.0. The highest BCUT2D eigenvalue weighted by atomic mass is 16.3. The van der Waals surface area contributed by atoms with Crippen molar-refractivity contribution in [2.45, 2.75) is 37.5 Å². The second-order valence-electron chi connectivity index (χ2n) is 7.00. The molecule has 4 rings (SSSR count). The number of azide groups is 1. The largest absolute Gasteiger partial charge is 0.391 e. The molecular weight excluding hydrogens is 342 g/mol. The van der Waals surface area contributed by atoms with E-state index in [4.69, 9.17) is 5.53 Å². The number of benzene rings is 2. The highest BCUT2D eigenvalue weighted by Gasteiger charge is 2.39. The van der Waals surface area contributed by atoms with Gasteiger partial charge in [0, 0.05) is 12.0 Å². The number of amides is 1. The Morgan fingerprint density at radius 2 is 1.74 bits per heavy atom. The van der Waals surface area contributed by atoms with E-state index in [0.717, 1.165) is 29.9 Å². The number of para-hydroxylation sites is 3. The number of carbonyl (C=O) groups is 1. The third kappa shape index (κ3) is 2.81. The van der Waals surface area contributed by atoms with Crippen molar-refractivity contribution in [3.05, 3.63) is 64.5 Å². The topological polar surface area (TPSA) is 92.5 Å². The van der Waals surface area contributed by atoms with Crippen LogP contribution in [0.2, 0.25) is 0 Å². The van der Waals surface area contributed by atoms with Crippen LogP contribution in [-0.2, 0) is 0 Å². The third-order valence-electron chi connectivity index (χ3n) is 5.52. The summed E-state index contributed by atoms with van der Waals surface area (Å²) in [5.74, 6) is -0.0857. The average Bonchev–Trinajstić information content (AvgIpc) is 2.79. The van der Waals surface area contributed by atoms with Crippen LogP contribution < -0.4 is 9.80 Å². The molecule has 1 aliphatic heterocycles. The van der Waals surface area contributed by atoms with Gasteiger partial charge in [-0.25, -0.2) is 0 Å². The fraction of sp³-hybridized carbons (Fsp3) is 0.350. The van der Waals surface area contributed by atoms with E-state index in [1.807, 2.05) is 48.5 Å². The molecule has 2 aromatic carbocycles. The molecule has 0 saturated heterocycles. The lowest BCUT2D eigenvalue weighted by Crippen LogP contribution is -2.49. The Morgan fingerprint density at radius 1 is 1.07 bits per heavy atom. The minimum absolute atomic E-state index is 0.0857. The molecular formula is C20H21N5O2. The van der Waals surface area contributed by atoms with E-state index in [-0.39, 0.29) is 11.9 Å². The molecule has 138 valence electrons. The predicted octanol–water partition coefficient (Wildman–Crippen LogP) is 4.01. The van der Waals surface area contributed by atoms with E-state index >= 15 is 0 Å². The molecule has 0 bridgehead atoms. The van der Waals surface area contributed by atoms with Crippen molar-refractivity contribution >= 4 is 23.0 Å². The van der Waals surface area contributed by atoms with Crippen LogP contribution in [0.3, 0.4) is 0 Å². The number of aliphatic hydroxyl groups is 1. The highest BCUT2D eigenvalue weighted by molar-refractivity contribution is 6.13. The second-order valence-corrected chi connectivity index (χ2v) is 7.00. The van der Waals surface area contributed by atoms with Crippen LogP contribution in [0, 0.1) is 0 Å². The summed E-state index contributed by atoms with van der Waals surface area (Å²) in [6.45, 7) is 0. The number of anilines is 3. The van der Waals surface area contributed by atoms with E-state index in [9.17, 15) is 9.90 Å². The maximum Gasteiger partial charge on any atom is 0.260 e. The van der Waals surface area contributed by atoms with Gasteiger partial charge in [0.2, 0.25) is 0 Å². The predicted molar refractivity (Wildman–Crippen MR) is 104 cm³/mol. The van der Waals surface area contributed by atoms with E-state index in [2.05, 4.69) is 14.9 Å². The SMILES string of the molecule is CN1C(=O)c2ccccc2N([C@@H]2CCC[C@H](N=[N+]=[N-])[C@H]2O)c2ccccc21. The van der Waals surface area contributed by atoms with Crippen LogP contribution in [0.15, 0.2) is 53.6 Å². The first-order valence-corrected chi connectivity index (χ1v) is 9.11. The number of nitrogens with zero attached hydrogens (tertiary/aromatic N) is 5. The van der Waals surface area contributed by atoms with Gasteiger partial charge in [-0.2, -0.15) is 0 Å². The van der Waals surface area contributed by atoms with Crippen LogP contribution in [0.1, 0.15) is 29.6 Å². The molecule has 0 unspecified atom stereocenters. The zero-order valence-electron chi connectivity index (χ0n) is 15.1. The number of aliphatic hydroxyl groups excluding tert-OH is 1. The van der Waals surface area contributed by atoms with Gasteiger partial charge in [-0.3, -0.25) is 4.79 Å². The Bertz CT molecular complexity index is 924. The summed E-state index contributed by atoms with van der Waals surface area (Å²) in [4.78, 5) is 19.6. The highest BCUT2D eigenvalue weighted by Crippen LogP contribution is 2.44. The van der Waals surface area contributed by atoms with Gasteiger partial charge in [-0.05, 0) is 42.6 Å². The summed E-state index contributed by atoms with van der Waals surface area (Å²) in [6.07, 6.45) is 1.45. The summed E-state index contributed by atoms with van der Waals surface area (Å²) in [6, 6.07) is 14.4. The zero-order chi connectivity index (χ0) is 19.0. The molecule has 0 radical (unpaired) electrons. The molecule has 3 atom stereocenters. The van der Waals surface area contributed by atoms with Gasteiger partial charge in [0.1, 0.15) is 0 Å². The molecule has 0 aromatic heterocycles. The quantitative estimate of drug-likeness (QED) is 0.496. The van der Waals surface area contributed by atoms with Crippen molar-refractivity contribution in [3.8, 4) is 0 Å². The van der Waals surface area contributed by atoms with Gasteiger partial charge < -0.3 is 14.9 Å². The fourth-order valence-electron chi connectivity index (χ4n) is 4.20. The standard InChI is InChI=1S/C20H21N5O2/c1-24-16-10-4-5-11-17(16)25(15-9-3-2-7-13(15)20(24)27)18-12-6-8-14(19(18)26)22-23-21/h2-5,7,9-11,14,18-19,26H,6,8,12H2,1H3/t14-,18+,19+/m0/s1. The van der Waals surface area contributed by atoms with E-state index < -0.39 is 12.1 Å². The summed E-state index contributed by atoms with van der Waals surface area (Å²) in [5, 5.41) is 14.8. The summed E-state index contributed by atoms with van der Waals surface area (Å²) < 4.78 is 0. The fourth-order valence-corrected chi connectivity index (χ4v) is 4.20. The van der Waals surface area contributed by atoms with Crippen molar-refractivity contribution in [2.24, 2.45) is 5.11 Å². The van der Waals surface area contributed by atoms with Gasteiger partial charge >= 0.3 is 0 Å². The van der Waals surface area contributed by atoms with Crippen molar-refractivity contribution in [2.75, 3.05) is 16.8 Å². The first kappa shape index (κ1) is 17.4. The lowest BCUT2D eigenvalue weighted by Gasteiger charge is -2.41. The first-order valence-electron chi connectivity index (χ1n) is 9.11. The average molecular weight is 363 g/mol. The molecule has 7 nitrogen and oxygen atoms in total. The molecule has 27 heavy (non-hydrogen) atoms. The van der Waals surface area contributed by atoms with Crippen molar-refractivity contribution in [1.29, 1.82) is 0 Å². The summed E-state index contributed by atoms with van der Waals surface area (Å²) >= 11 is 0. The van der Waals surface area contributed by atoms with Gasteiger partial charge in [0.15, 0.2) is 0 Å². The lowest BCUT2D eigenvalue weighted by molar-refractivity contribution is 0.0878. The minimum Gasteiger partial charge on any atom is -0.391 e. The van der Waals surface area contributed by atoms with Crippen LogP contribution in [0.5, 0.6) is 0 Å².